The maximum Gasteiger partial charge on any atom is 0.186 e. The number of benzene rings is 2. The zero-order valence-electron chi connectivity index (χ0n) is 26.4. The van der Waals surface area contributed by atoms with Crippen molar-refractivity contribution in [3.63, 3.8) is 0 Å². The number of aryl methyl sites for hydroxylation is 1. The molecular weight excluding hydrogens is 580 g/mol. The van der Waals surface area contributed by atoms with E-state index in [4.69, 9.17) is 10.5 Å². The van der Waals surface area contributed by atoms with Gasteiger partial charge in [-0.1, -0.05) is 56.2 Å². The largest absolute Gasteiger partial charge is 0.504 e. The van der Waals surface area contributed by atoms with Gasteiger partial charge in [0.25, 0.3) is 0 Å². The number of phenols is 1. The van der Waals surface area contributed by atoms with Crippen molar-refractivity contribution in [1.29, 1.82) is 0 Å². The predicted molar refractivity (Wildman–Crippen MR) is 177 cm³/mol. The van der Waals surface area contributed by atoms with Crippen LogP contribution in [0.2, 0.25) is 0 Å². The van der Waals surface area contributed by atoms with Crippen LogP contribution >= 0.6 is 0 Å². The Bertz CT molecular complexity index is 1760. The van der Waals surface area contributed by atoms with Crippen molar-refractivity contribution in [3.05, 3.63) is 82.3 Å². The van der Waals surface area contributed by atoms with Gasteiger partial charge in [-0.2, -0.15) is 0 Å². The van der Waals surface area contributed by atoms with Crippen molar-refractivity contribution in [2.24, 2.45) is 5.73 Å². The molecular formula is C37H44N4O5. The number of nitrogens with one attached hydrogen (secondary N) is 2. The number of carbonyl (C=O) groups excluding carboxylic acids is 1. The van der Waals surface area contributed by atoms with Crippen LogP contribution in [0.25, 0.3) is 10.9 Å². The number of aliphatic hydroxyl groups is 2. The number of rotatable bonds is 11. The van der Waals surface area contributed by atoms with Gasteiger partial charge in [-0.15, -0.1) is 0 Å². The van der Waals surface area contributed by atoms with Gasteiger partial charge in [-0.05, 0) is 64.8 Å². The van der Waals surface area contributed by atoms with E-state index in [0.29, 0.717) is 31.4 Å². The van der Waals surface area contributed by atoms with Crippen LogP contribution in [0, 0.1) is 11.8 Å². The number of hydrogen-bond acceptors (Lipinski definition) is 7. The number of ketones is 1. The van der Waals surface area contributed by atoms with E-state index in [1.54, 1.807) is 18.2 Å². The fraction of sp³-hybridized carbons (Fsp3) is 0.432. The molecule has 0 saturated heterocycles. The molecule has 0 fully saturated rings. The SMILES string of the molecule is CCCCCC(O)CC(=O)CCc1ccc(O)c(OC2CC#CC(O)c3ccc4c(c3Cc3c[nH]c5cn2cc35)CCNC4N)c1. The maximum absolute atomic E-state index is 12.5. The van der Waals surface area contributed by atoms with E-state index in [-0.39, 0.29) is 30.5 Å². The molecule has 4 unspecified atom stereocenters. The minimum atomic E-state index is -0.977. The molecule has 4 atom stereocenters. The number of carbonyl (C=O) groups is 1. The van der Waals surface area contributed by atoms with Crippen LogP contribution < -0.4 is 15.8 Å². The van der Waals surface area contributed by atoms with Crippen LogP contribution in [-0.4, -0.2) is 43.3 Å². The van der Waals surface area contributed by atoms with E-state index in [9.17, 15) is 20.1 Å². The average molecular weight is 625 g/mol. The second-order valence-corrected chi connectivity index (χ2v) is 12.6. The quantitative estimate of drug-likeness (QED) is 0.0991. The second kappa shape index (κ2) is 14.1. The number of Topliss-reactive ketones (excluding diaryl/α,β-unsaturated/α-hetero) is 1. The third-order valence-electron chi connectivity index (χ3n) is 9.27. The van der Waals surface area contributed by atoms with E-state index < -0.39 is 18.4 Å². The van der Waals surface area contributed by atoms with Crippen molar-refractivity contribution < 1.29 is 24.9 Å². The number of unbranched alkanes of at least 4 members (excludes halogenated alkanes) is 2. The number of fused-ring (bicyclic) bond motifs is 4. The summed E-state index contributed by atoms with van der Waals surface area (Å²) in [6.45, 7) is 2.89. The van der Waals surface area contributed by atoms with E-state index >= 15 is 0 Å². The lowest BCUT2D eigenvalue weighted by atomic mass is 9.85. The smallest absolute Gasteiger partial charge is 0.186 e. The highest BCUT2D eigenvalue weighted by Crippen LogP contribution is 2.36. The fourth-order valence-electron chi connectivity index (χ4n) is 6.70. The van der Waals surface area contributed by atoms with E-state index in [2.05, 4.69) is 29.1 Å². The number of aromatic nitrogens is 2. The zero-order chi connectivity index (χ0) is 32.2. The Morgan fingerprint density at radius 1 is 1.17 bits per heavy atom. The summed E-state index contributed by atoms with van der Waals surface area (Å²) in [5, 5.41) is 36.6. The predicted octanol–water partition coefficient (Wildman–Crippen LogP) is 5.22. The summed E-state index contributed by atoms with van der Waals surface area (Å²) in [7, 11) is 0. The highest BCUT2D eigenvalue weighted by molar-refractivity contribution is 5.83. The summed E-state index contributed by atoms with van der Waals surface area (Å²) in [5.41, 5.74) is 13.4. The summed E-state index contributed by atoms with van der Waals surface area (Å²) >= 11 is 0. The van der Waals surface area contributed by atoms with Gasteiger partial charge in [-0.25, -0.2) is 0 Å². The Morgan fingerprint density at radius 3 is 2.87 bits per heavy atom. The fourth-order valence-corrected chi connectivity index (χ4v) is 6.70. The first-order valence-corrected chi connectivity index (χ1v) is 16.5. The summed E-state index contributed by atoms with van der Waals surface area (Å²) in [6, 6.07) is 9.07. The molecule has 4 heterocycles. The van der Waals surface area contributed by atoms with Gasteiger partial charge in [0.2, 0.25) is 0 Å². The lowest BCUT2D eigenvalue weighted by Crippen LogP contribution is -2.36. The second-order valence-electron chi connectivity index (χ2n) is 12.6. The van der Waals surface area contributed by atoms with E-state index in [0.717, 1.165) is 70.9 Å². The number of H-pyrrole nitrogens is 1. The highest BCUT2D eigenvalue weighted by atomic mass is 16.5. The van der Waals surface area contributed by atoms with Gasteiger partial charge in [0.05, 0.1) is 24.2 Å². The van der Waals surface area contributed by atoms with Gasteiger partial charge >= 0.3 is 0 Å². The molecule has 9 heteroatoms. The first-order valence-electron chi connectivity index (χ1n) is 16.5. The molecule has 46 heavy (non-hydrogen) atoms. The first-order chi connectivity index (χ1) is 22.3. The summed E-state index contributed by atoms with van der Waals surface area (Å²) < 4.78 is 8.34. The Kier molecular flexibility index (Phi) is 9.81. The lowest BCUT2D eigenvalue weighted by molar-refractivity contribution is -0.121. The van der Waals surface area contributed by atoms with Crippen molar-refractivity contribution in [3.8, 4) is 23.3 Å². The molecule has 0 saturated carbocycles. The number of aromatic hydroxyl groups is 1. The Labute approximate surface area is 269 Å². The number of ether oxygens (including phenoxy) is 1. The van der Waals surface area contributed by atoms with Gasteiger partial charge in [0, 0.05) is 49.8 Å². The van der Waals surface area contributed by atoms with Crippen molar-refractivity contribution in [2.75, 3.05) is 6.54 Å². The number of aromatic amines is 1. The Hall–Kier alpha value is -4.07. The number of phenolic OH excluding ortho intramolecular Hbond substituents is 1. The van der Waals surface area contributed by atoms with Crippen molar-refractivity contribution in [2.45, 2.75) is 95.7 Å². The normalized spacial score (nSPS) is 19.8. The van der Waals surface area contributed by atoms with Crippen LogP contribution in [0.3, 0.4) is 0 Å². The number of hydrogen-bond donors (Lipinski definition) is 6. The molecule has 6 rings (SSSR count). The number of aliphatic hydroxyl groups excluding tert-OH is 2. The molecule has 2 aromatic heterocycles. The topological polar surface area (TPSA) is 146 Å². The van der Waals surface area contributed by atoms with Crippen molar-refractivity contribution in [1.82, 2.24) is 14.9 Å². The molecule has 0 amide bonds. The van der Waals surface area contributed by atoms with Gasteiger partial charge < -0.3 is 35.3 Å². The minimum absolute atomic E-state index is 0.00895. The Balaban J connectivity index is 1.23. The van der Waals surface area contributed by atoms with Crippen LogP contribution in [-0.2, 0) is 24.1 Å². The molecule has 242 valence electrons. The third kappa shape index (κ3) is 7.01. The van der Waals surface area contributed by atoms with Crippen LogP contribution in [0.4, 0.5) is 0 Å². The van der Waals surface area contributed by atoms with E-state index in [1.807, 2.05) is 35.3 Å². The molecule has 0 spiro atoms. The molecule has 2 aliphatic heterocycles. The molecule has 9 nitrogen and oxygen atoms in total. The van der Waals surface area contributed by atoms with Crippen LogP contribution in [0.5, 0.6) is 11.5 Å². The summed E-state index contributed by atoms with van der Waals surface area (Å²) in [6.07, 6.45) is 10.00. The van der Waals surface area contributed by atoms with Gasteiger partial charge in [0.15, 0.2) is 17.7 Å². The van der Waals surface area contributed by atoms with Gasteiger partial charge in [-0.3, -0.25) is 10.1 Å². The standard InChI is InChI=1S/C37H44N4O5/c1-2-3-4-6-25(42)19-26(43)11-9-23-10-14-34(45)35(17-23)46-36-8-5-7-33(44)28-12-13-29-27(15-16-39-37(29)38)30(28)18-24-20-40-32-22-41(36)21-31(24)32/h10,12-14,17,20-22,25,33,36-37,39-40,42,44-45H,2-4,6,8-9,11,15-16,18-19,38H2,1H3. The van der Waals surface area contributed by atoms with Crippen molar-refractivity contribution >= 4 is 16.7 Å². The molecule has 2 aromatic carbocycles. The highest BCUT2D eigenvalue weighted by Gasteiger charge is 2.25. The molecule has 4 aromatic rings. The average Bonchev–Trinajstić information content (AvgIpc) is 3.62. The van der Waals surface area contributed by atoms with Crippen LogP contribution in [0.1, 0.15) is 104 Å². The summed E-state index contributed by atoms with van der Waals surface area (Å²) in [5.74, 6) is 6.49. The molecule has 0 radical (unpaired) electrons. The third-order valence-corrected chi connectivity index (χ3v) is 9.27. The monoisotopic (exact) mass is 624 g/mol. The number of nitrogens with two attached hydrogens (primary N) is 1. The lowest BCUT2D eigenvalue weighted by Gasteiger charge is -2.28. The first kappa shape index (κ1) is 31.9. The van der Waals surface area contributed by atoms with Crippen LogP contribution in [0.15, 0.2) is 48.9 Å². The number of nitrogens with zero attached hydrogens (tertiary/aromatic N) is 1. The van der Waals surface area contributed by atoms with E-state index in [1.165, 1.54) is 5.56 Å². The molecule has 7 N–H and O–H groups in total. The zero-order valence-corrected chi connectivity index (χ0v) is 26.4. The molecule has 0 aliphatic carbocycles. The van der Waals surface area contributed by atoms with Gasteiger partial charge in [0.1, 0.15) is 11.9 Å². The Morgan fingerprint density at radius 2 is 2.02 bits per heavy atom. The molecule has 2 bridgehead atoms. The maximum atomic E-state index is 12.5. The minimum Gasteiger partial charge on any atom is -0.504 e. The summed E-state index contributed by atoms with van der Waals surface area (Å²) in [4.78, 5) is 15.9. The molecule has 2 aliphatic rings.